The summed E-state index contributed by atoms with van der Waals surface area (Å²) in [5, 5.41) is 10.9. The summed E-state index contributed by atoms with van der Waals surface area (Å²) in [4.78, 5) is 10.0. The fourth-order valence-electron chi connectivity index (χ4n) is 1.05. The molecule has 16 heavy (non-hydrogen) atoms. The molecule has 0 N–H and O–H groups in total. The molecule has 1 aromatic carbocycles. The largest absolute Gasteiger partial charge is 0.493 e. The number of hydrogen-bond acceptors (Lipinski definition) is 4. The highest BCUT2D eigenvalue weighted by molar-refractivity contribution is 6.29. The number of rotatable bonds is 5. The van der Waals surface area contributed by atoms with Crippen LogP contribution in [0.2, 0.25) is 0 Å². The lowest BCUT2D eigenvalue weighted by atomic mass is 10.3. The quantitative estimate of drug-likeness (QED) is 0.589. The smallest absolute Gasteiger partial charge is 0.273 e. The number of nitro groups is 1. The van der Waals surface area contributed by atoms with E-state index in [1.807, 2.05) is 0 Å². The number of nitrogens with zero attached hydrogens (tertiary/aromatic N) is 1. The Morgan fingerprint density at radius 1 is 1.56 bits per heavy atom. The molecule has 0 aliphatic carbocycles. The van der Waals surface area contributed by atoms with E-state index < -0.39 is 4.92 Å². The van der Waals surface area contributed by atoms with Gasteiger partial charge in [-0.2, -0.15) is 0 Å². The highest BCUT2D eigenvalue weighted by atomic mass is 35.5. The first-order chi connectivity index (χ1) is 7.54. The zero-order chi connectivity index (χ0) is 12.1. The number of non-ortho nitro benzene ring substituents is 1. The first-order valence-corrected chi connectivity index (χ1v) is 4.71. The zero-order valence-corrected chi connectivity index (χ0v) is 9.36. The van der Waals surface area contributed by atoms with E-state index in [9.17, 15) is 10.1 Å². The van der Waals surface area contributed by atoms with Gasteiger partial charge in [0.15, 0.2) is 11.5 Å². The third-order valence-corrected chi connectivity index (χ3v) is 1.85. The predicted octanol–water partition coefficient (Wildman–Crippen LogP) is 2.73. The fraction of sp³-hybridized carbons (Fsp3) is 0.200. The molecule has 5 nitrogen and oxygen atoms in total. The molecule has 0 fully saturated rings. The third-order valence-electron chi connectivity index (χ3n) is 1.74. The molecule has 0 spiro atoms. The van der Waals surface area contributed by atoms with Gasteiger partial charge in [0.25, 0.3) is 5.69 Å². The molecular formula is C10H10ClNO4. The SMILES string of the molecule is C=C(Cl)COc1ccc([N+](=O)[O-])cc1OC. The minimum absolute atomic E-state index is 0.0612. The van der Waals surface area contributed by atoms with Crippen molar-refractivity contribution in [2.24, 2.45) is 0 Å². The van der Waals surface area contributed by atoms with Crippen molar-refractivity contribution in [2.75, 3.05) is 13.7 Å². The zero-order valence-electron chi connectivity index (χ0n) is 8.60. The van der Waals surface area contributed by atoms with Crippen LogP contribution >= 0.6 is 11.6 Å². The van der Waals surface area contributed by atoms with Crippen molar-refractivity contribution < 1.29 is 14.4 Å². The highest BCUT2D eigenvalue weighted by Crippen LogP contribution is 2.31. The number of halogens is 1. The van der Waals surface area contributed by atoms with Gasteiger partial charge in [-0.05, 0) is 6.07 Å². The van der Waals surface area contributed by atoms with Gasteiger partial charge in [-0.25, -0.2) is 0 Å². The van der Waals surface area contributed by atoms with Crippen molar-refractivity contribution in [2.45, 2.75) is 0 Å². The standard InChI is InChI=1S/C10H10ClNO4/c1-7(11)6-16-9-4-3-8(12(13)14)5-10(9)15-2/h3-5H,1,6H2,2H3. The second-order valence-electron chi connectivity index (χ2n) is 2.90. The first kappa shape index (κ1) is 12.3. The Morgan fingerprint density at radius 2 is 2.25 bits per heavy atom. The lowest BCUT2D eigenvalue weighted by Crippen LogP contribution is -1.99. The lowest BCUT2D eigenvalue weighted by molar-refractivity contribution is -0.384. The minimum atomic E-state index is -0.507. The van der Waals surface area contributed by atoms with Crippen LogP contribution in [0.3, 0.4) is 0 Å². The molecule has 0 saturated heterocycles. The van der Waals surface area contributed by atoms with Crippen molar-refractivity contribution in [1.29, 1.82) is 0 Å². The topological polar surface area (TPSA) is 61.6 Å². The van der Waals surface area contributed by atoms with E-state index in [-0.39, 0.29) is 18.0 Å². The van der Waals surface area contributed by atoms with Crippen LogP contribution in [0.5, 0.6) is 11.5 Å². The molecule has 6 heteroatoms. The maximum atomic E-state index is 10.5. The molecule has 0 amide bonds. The van der Waals surface area contributed by atoms with Gasteiger partial charge >= 0.3 is 0 Å². The van der Waals surface area contributed by atoms with Crippen LogP contribution in [0.4, 0.5) is 5.69 Å². The fourth-order valence-corrected chi connectivity index (χ4v) is 1.10. The predicted molar refractivity (Wildman–Crippen MR) is 60.1 cm³/mol. The van der Waals surface area contributed by atoms with Crippen LogP contribution in [0.1, 0.15) is 0 Å². The minimum Gasteiger partial charge on any atom is -0.493 e. The number of nitro benzene ring substituents is 1. The average Bonchev–Trinajstić information content (AvgIpc) is 2.25. The average molecular weight is 244 g/mol. The van der Waals surface area contributed by atoms with E-state index in [0.717, 1.165) is 0 Å². The third kappa shape index (κ3) is 3.13. The van der Waals surface area contributed by atoms with Gasteiger partial charge in [0.1, 0.15) is 6.61 Å². The summed E-state index contributed by atoms with van der Waals surface area (Å²) in [6, 6.07) is 4.07. The molecule has 86 valence electrons. The van der Waals surface area contributed by atoms with Crippen LogP contribution < -0.4 is 9.47 Å². The number of benzene rings is 1. The van der Waals surface area contributed by atoms with E-state index in [1.165, 1.54) is 25.3 Å². The molecule has 0 saturated carbocycles. The lowest BCUT2D eigenvalue weighted by Gasteiger charge is -2.09. The molecule has 0 aromatic heterocycles. The molecule has 0 aliphatic rings. The van der Waals surface area contributed by atoms with Crippen molar-refractivity contribution in [3.8, 4) is 11.5 Å². The maximum absolute atomic E-state index is 10.5. The van der Waals surface area contributed by atoms with Gasteiger partial charge < -0.3 is 9.47 Å². The van der Waals surface area contributed by atoms with Crippen LogP contribution in [0.25, 0.3) is 0 Å². The van der Waals surface area contributed by atoms with Gasteiger partial charge in [-0.15, -0.1) is 0 Å². The normalized spacial score (nSPS) is 9.62. The summed E-state index contributed by atoms with van der Waals surface area (Å²) in [7, 11) is 1.40. The highest BCUT2D eigenvalue weighted by Gasteiger charge is 2.12. The van der Waals surface area contributed by atoms with Gasteiger partial charge in [-0.1, -0.05) is 18.2 Å². The summed E-state index contributed by atoms with van der Waals surface area (Å²) in [6.45, 7) is 3.58. The number of hydrogen-bond donors (Lipinski definition) is 0. The van der Waals surface area contributed by atoms with Crippen LogP contribution in [0.15, 0.2) is 29.8 Å². The molecular weight excluding hydrogens is 234 g/mol. The molecule has 0 heterocycles. The Morgan fingerprint density at radius 3 is 2.75 bits per heavy atom. The Balaban J connectivity index is 2.93. The van der Waals surface area contributed by atoms with Crippen LogP contribution in [-0.2, 0) is 0 Å². The second-order valence-corrected chi connectivity index (χ2v) is 3.43. The van der Waals surface area contributed by atoms with Gasteiger partial charge in [0.05, 0.1) is 18.1 Å². The second kappa shape index (κ2) is 5.37. The Hall–Kier alpha value is -1.75. The summed E-state index contributed by atoms with van der Waals surface area (Å²) < 4.78 is 10.2. The molecule has 0 unspecified atom stereocenters. The van der Waals surface area contributed by atoms with Crippen LogP contribution in [-0.4, -0.2) is 18.6 Å². The number of methoxy groups -OCH3 is 1. The maximum Gasteiger partial charge on any atom is 0.273 e. The molecule has 0 radical (unpaired) electrons. The van der Waals surface area contributed by atoms with Gasteiger partial charge in [0, 0.05) is 11.1 Å². The van der Waals surface area contributed by atoms with E-state index in [1.54, 1.807) is 0 Å². The monoisotopic (exact) mass is 243 g/mol. The number of ether oxygens (including phenoxy) is 2. The van der Waals surface area contributed by atoms with E-state index in [4.69, 9.17) is 21.1 Å². The van der Waals surface area contributed by atoms with Crippen molar-refractivity contribution in [3.63, 3.8) is 0 Å². The van der Waals surface area contributed by atoms with E-state index in [0.29, 0.717) is 10.8 Å². The summed E-state index contributed by atoms with van der Waals surface area (Å²) in [6.07, 6.45) is 0. The molecule has 0 atom stereocenters. The first-order valence-electron chi connectivity index (χ1n) is 4.33. The Kier molecular flexibility index (Phi) is 4.13. The summed E-state index contributed by atoms with van der Waals surface area (Å²) >= 11 is 5.54. The van der Waals surface area contributed by atoms with Crippen molar-refractivity contribution in [3.05, 3.63) is 39.9 Å². The Labute approximate surface area is 97.4 Å². The summed E-state index contributed by atoms with van der Waals surface area (Å²) in [5.41, 5.74) is -0.0612. The van der Waals surface area contributed by atoms with E-state index >= 15 is 0 Å². The van der Waals surface area contributed by atoms with Crippen molar-refractivity contribution >= 4 is 17.3 Å². The Bertz CT molecular complexity index is 419. The molecule has 1 rings (SSSR count). The van der Waals surface area contributed by atoms with Crippen molar-refractivity contribution in [1.82, 2.24) is 0 Å². The molecule has 0 bridgehead atoms. The van der Waals surface area contributed by atoms with E-state index in [2.05, 4.69) is 6.58 Å². The molecule has 0 aliphatic heterocycles. The van der Waals surface area contributed by atoms with Gasteiger partial charge in [-0.3, -0.25) is 10.1 Å². The van der Waals surface area contributed by atoms with Crippen LogP contribution in [0, 0.1) is 10.1 Å². The summed E-state index contributed by atoms with van der Waals surface area (Å²) in [5.74, 6) is 0.669. The molecule has 1 aromatic rings. The van der Waals surface area contributed by atoms with Gasteiger partial charge in [0.2, 0.25) is 0 Å².